The Morgan fingerprint density at radius 3 is 1.41 bits per heavy atom. The van der Waals surface area contributed by atoms with Gasteiger partial charge in [-0.15, -0.1) is 0 Å². The number of hydrogen-bond acceptors (Lipinski definition) is 8. The molecular formula is C14H30O8. The van der Waals surface area contributed by atoms with Crippen molar-refractivity contribution < 1.29 is 40.9 Å². The van der Waals surface area contributed by atoms with Gasteiger partial charge in [-0.2, -0.15) is 0 Å². The van der Waals surface area contributed by atoms with Gasteiger partial charge in [-0.3, -0.25) is 0 Å². The maximum atomic E-state index is 10.4. The van der Waals surface area contributed by atoms with Crippen LogP contribution in [-0.4, -0.2) is 91.2 Å². The highest BCUT2D eigenvalue weighted by atomic mass is 16.4. The van der Waals surface area contributed by atoms with Gasteiger partial charge in [0.15, 0.2) is 0 Å². The summed E-state index contributed by atoms with van der Waals surface area (Å²) in [6.07, 6.45) is -7.89. The van der Waals surface area contributed by atoms with Crippen LogP contribution >= 0.6 is 0 Å². The summed E-state index contributed by atoms with van der Waals surface area (Å²) >= 11 is 0. The number of aliphatic hydroxyl groups is 8. The van der Waals surface area contributed by atoms with Crippen molar-refractivity contribution in [3.05, 3.63) is 0 Å². The Kier molecular flexibility index (Phi) is 10.3. The molecule has 5 atom stereocenters. The summed E-state index contributed by atoms with van der Waals surface area (Å²) in [5.74, 6) is 0. The van der Waals surface area contributed by atoms with Gasteiger partial charge >= 0.3 is 0 Å². The summed E-state index contributed by atoms with van der Waals surface area (Å²) in [5.41, 5.74) is -1.95. The van der Waals surface area contributed by atoms with Crippen molar-refractivity contribution in [1.82, 2.24) is 0 Å². The number of aliphatic hydroxyl groups excluding tert-OH is 8. The van der Waals surface area contributed by atoms with Gasteiger partial charge in [0.2, 0.25) is 0 Å². The third kappa shape index (κ3) is 4.84. The van der Waals surface area contributed by atoms with Crippen molar-refractivity contribution in [2.45, 2.75) is 63.1 Å². The zero-order valence-electron chi connectivity index (χ0n) is 12.9. The second-order valence-electron chi connectivity index (χ2n) is 5.62. The Balaban J connectivity index is 5.77. The van der Waals surface area contributed by atoms with Crippen LogP contribution in [0.15, 0.2) is 0 Å². The fourth-order valence-electron chi connectivity index (χ4n) is 2.95. The van der Waals surface area contributed by atoms with Gasteiger partial charge in [0.05, 0.1) is 35.9 Å². The quantitative estimate of drug-likeness (QED) is 0.193. The minimum absolute atomic E-state index is 0.0365. The molecule has 8 heteroatoms. The molecule has 5 unspecified atom stereocenters. The Morgan fingerprint density at radius 1 is 0.682 bits per heavy atom. The summed E-state index contributed by atoms with van der Waals surface area (Å²) < 4.78 is 0. The average Bonchev–Trinajstić information content (AvgIpc) is 2.46. The molecule has 22 heavy (non-hydrogen) atoms. The minimum Gasteiger partial charge on any atom is -0.396 e. The molecule has 0 radical (unpaired) electrons. The van der Waals surface area contributed by atoms with E-state index in [9.17, 15) is 25.5 Å². The summed E-state index contributed by atoms with van der Waals surface area (Å²) in [5, 5.41) is 78.1. The molecule has 0 amide bonds. The molecule has 0 aliphatic carbocycles. The van der Waals surface area contributed by atoms with E-state index in [0.29, 0.717) is 0 Å². The van der Waals surface area contributed by atoms with E-state index in [4.69, 9.17) is 15.3 Å². The molecule has 0 aromatic rings. The number of hydrogen-bond donors (Lipinski definition) is 8. The average molecular weight is 326 g/mol. The zero-order valence-corrected chi connectivity index (χ0v) is 12.9. The first-order valence-corrected chi connectivity index (χ1v) is 7.53. The van der Waals surface area contributed by atoms with E-state index in [1.807, 2.05) is 0 Å². The molecule has 0 saturated carbocycles. The van der Waals surface area contributed by atoms with Gasteiger partial charge in [0.25, 0.3) is 0 Å². The van der Waals surface area contributed by atoms with Crippen LogP contribution in [0.4, 0.5) is 0 Å². The third-order valence-electron chi connectivity index (χ3n) is 4.14. The molecule has 8 N–H and O–H groups in total. The Bertz CT molecular complexity index is 274. The van der Waals surface area contributed by atoms with Crippen LogP contribution in [0.3, 0.4) is 0 Å². The van der Waals surface area contributed by atoms with Crippen LogP contribution < -0.4 is 0 Å². The molecule has 0 fully saturated rings. The summed E-state index contributed by atoms with van der Waals surface area (Å²) in [6.45, 7) is 0.113. The predicted molar refractivity (Wildman–Crippen MR) is 77.9 cm³/mol. The highest BCUT2D eigenvalue weighted by Crippen LogP contribution is 2.41. The fraction of sp³-hybridized carbons (Fsp3) is 1.00. The smallest absolute Gasteiger partial charge is 0.0927 e. The lowest BCUT2D eigenvalue weighted by Crippen LogP contribution is -2.63. The van der Waals surface area contributed by atoms with E-state index in [-0.39, 0.29) is 32.3 Å². The monoisotopic (exact) mass is 326 g/mol. The molecule has 0 heterocycles. The summed E-state index contributed by atoms with van der Waals surface area (Å²) in [7, 11) is 0. The van der Waals surface area contributed by atoms with Crippen LogP contribution in [-0.2, 0) is 0 Å². The van der Waals surface area contributed by atoms with E-state index in [0.717, 1.165) is 0 Å². The second kappa shape index (κ2) is 10.5. The molecule has 0 spiro atoms. The lowest BCUT2D eigenvalue weighted by molar-refractivity contribution is -0.221. The molecular weight excluding hydrogens is 296 g/mol. The second-order valence-corrected chi connectivity index (χ2v) is 5.62. The molecule has 0 aliphatic heterocycles. The van der Waals surface area contributed by atoms with Crippen molar-refractivity contribution in [3.63, 3.8) is 0 Å². The van der Waals surface area contributed by atoms with Crippen molar-refractivity contribution in [2.24, 2.45) is 5.41 Å². The maximum Gasteiger partial charge on any atom is 0.0927 e. The molecule has 0 bridgehead atoms. The van der Waals surface area contributed by atoms with Crippen molar-refractivity contribution >= 4 is 0 Å². The van der Waals surface area contributed by atoms with Gasteiger partial charge in [0, 0.05) is 19.8 Å². The van der Waals surface area contributed by atoms with Crippen LogP contribution in [0.25, 0.3) is 0 Å². The molecule has 0 aromatic heterocycles. The minimum atomic E-state index is -1.95. The van der Waals surface area contributed by atoms with Crippen molar-refractivity contribution in [2.75, 3.05) is 19.8 Å². The highest BCUT2D eigenvalue weighted by Gasteiger charge is 2.55. The maximum absolute atomic E-state index is 10.4. The summed E-state index contributed by atoms with van der Waals surface area (Å²) in [4.78, 5) is 0. The van der Waals surface area contributed by atoms with Gasteiger partial charge in [0.1, 0.15) is 0 Å². The van der Waals surface area contributed by atoms with Crippen molar-refractivity contribution in [3.8, 4) is 0 Å². The van der Waals surface area contributed by atoms with E-state index in [1.165, 1.54) is 6.92 Å². The normalized spacial score (nSPS) is 21.7. The first-order valence-electron chi connectivity index (χ1n) is 7.53. The van der Waals surface area contributed by atoms with E-state index in [2.05, 4.69) is 0 Å². The predicted octanol–water partition coefficient (Wildman–Crippen LogP) is -2.67. The Labute approximate surface area is 130 Å². The zero-order chi connectivity index (χ0) is 17.3. The molecule has 8 nitrogen and oxygen atoms in total. The first kappa shape index (κ1) is 21.7. The first-order chi connectivity index (χ1) is 10.3. The van der Waals surface area contributed by atoms with Gasteiger partial charge in [-0.25, -0.2) is 0 Å². The van der Waals surface area contributed by atoms with Crippen LogP contribution in [0.1, 0.15) is 32.6 Å². The third-order valence-corrected chi connectivity index (χ3v) is 4.14. The SMILES string of the molecule is CC(O)C(O)C(C(O)CCO)(C(O)CCO)C(O)CCCO. The Hall–Kier alpha value is -0.320. The fourth-order valence-corrected chi connectivity index (χ4v) is 2.95. The van der Waals surface area contributed by atoms with Crippen LogP contribution in [0, 0.1) is 5.41 Å². The van der Waals surface area contributed by atoms with Crippen LogP contribution in [0.2, 0.25) is 0 Å². The van der Waals surface area contributed by atoms with Gasteiger partial charge in [-0.1, -0.05) is 0 Å². The lowest BCUT2D eigenvalue weighted by Gasteiger charge is -2.49. The largest absolute Gasteiger partial charge is 0.396 e. The topological polar surface area (TPSA) is 162 Å². The summed E-state index contributed by atoms with van der Waals surface area (Å²) in [6, 6.07) is 0. The standard InChI is InChI=1S/C14H30O8/c1-9(18)13(22)14(11(20)4-7-16,12(21)5-8-17)10(19)3-2-6-15/h9-13,15-22H,2-8H2,1H3. The van der Waals surface area contributed by atoms with Gasteiger partial charge in [-0.05, 0) is 32.6 Å². The Morgan fingerprint density at radius 2 is 1.09 bits per heavy atom. The van der Waals surface area contributed by atoms with Gasteiger partial charge < -0.3 is 40.9 Å². The van der Waals surface area contributed by atoms with E-state index < -0.39 is 49.1 Å². The molecule has 0 aromatic carbocycles. The molecule has 0 aliphatic rings. The molecule has 0 rings (SSSR count). The van der Waals surface area contributed by atoms with E-state index in [1.54, 1.807) is 0 Å². The van der Waals surface area contributed by atoms with E-state index >= 15 is 0 Å². The lowest BCUT2D eigenvalue weighted by atomic mass is 9.64. The molecule has 134 valence electrons. The number of rotatable bonds is 12. The highest BCUT2D eigenvalue weighted by molar-refractivity contribution is 5.04. The van der Waals surface area contributed by atoms with Crippen molar-refractivity contribution in [1.29, 1.82) is 0 Å². The molecule has 0 saturated heterocycles. The van der Waals surface area contributed by atoms with Crippen LogP contribution in [0.5, 0.6) is 0 Å².